The van der Waals surface area contributed by atoms with Gasteiger partial charge in [0.25, 0.3) is 0 Å². The quantitative estimate of drug-likeness (QED) is 0.569. The molecule has 0 bridgehead atoms. The standard InChI is InChI=1S/C21H23NO5.C2HF3O2/c1-13(2)27-17-8-7-14-5-3-4-6-15(14)16(17)9-22-11-20(18(23)24)10-21(20,12-22)19(25)26;3-2(4,5)1(6)7/h3-8,13H,9-12H2,1-2H3,(H,23,24)(H,25,26);(H,6,7)/t20-,21+;. The number of carboxylic acid groups (broad SMARTS) is 3. The van der Waals surface area contributed by atoms with Gasteiger partial charge < -0.3 is 20.1 Å². The monoisotopic (exact) mass is 483 g/mol. The summed E-state index contributed by atoms with van der Waals surface area (Å²) < 4.78 is 37.7. The zero-order valence-electron chi connectivity index (χ0n) is 18.4. The highest BCUT2D eigenvalue weighted by Crippen LogP contribution is 2.68. The zero-order chi connectivity index (χ0) is 25.5. The number of hydrogen-bond donors (Lipinski definition) is 3. The third-order valence-corrected chi connectivity index (χ3v) is 6.18. The second-order valence-electron chi connectivity index (χ2n) is 8.83. The van der Waals surface area contributed by atoms with Crippen LogP contribution in [0.5, 0.6) is 5.75 Å². The van der Waals surface area contributed by atoms with Gasteiger partial charge in [-0.1, -0.05) is 30.3 Å². The van der Waals surface area contributed by atoms with E-state index in [9.17, 15) is 33.0 Å². The summed E-state index contributed by atoms with van der Waals surface area (Å²) in [6, 6.07) is 11.9. The smallest absolute Gasteiger partial charge is 0.490 e. The van der Waals surface area contributed by atoms with Crippen LogP contribution in [0.2, 0.25) is 0 Å². The molecule has 3 N–H and O–H groups in total. The molecule has 2 aromatic carbocycles. The Morgan fingerprint density at radius 2 is 1.53 bits per heavy atom. The lowest BCUT2D eigenvalue weighted by atomic mass is 9.97. The average molecular weight is 483 g/mol. The minimum Gasteiger partial charge on any atom is -0.491 e. The summed E-state index contributed by atoms with van der Waals surface area (Å²) in [5.74, 6) is -4.02. The van der Waals surface area contributed by atoms with Gasteiger partial charge in [-0.15, -0.1) is 0 Å². The summed E-state index contributed by atoms with van der Waals surface area (Å²) in [7, 11) is 0. The summed E-state index contributed by atoms with van der Waals surface area (Å²) in [4.78, 5) is 34.4. The summed E-state index contributed by atoms with van der Waals surface area (Å²) in [5, 5.41) is 28.5. The lowest BCUT2D eigenvalue weighted by Gasteiger charge is -2.23. The molecule has 2 aliphatic rings. The van der Waals surface area contributed by atoms with Crippen LogP contribution in [0, 0.1) is 10.8 Å². The first kappa shape index (κ1) is 25.3. The van der Waals surface area contributed by atoms with Crippen LogP contribution in [0.4, 0.5) is 13.2 Å². The Bertz CT molecular complexity index is 1110. The van der Waals surface area contributed by atoms with Gasteiger partial charge in [-0.3, -0.25) is 14.5 Å². The van der Waals surface area contributed by atoms with Crippen LogP contribution in [0.3, 0.4) is 0 Å². The number of ether oxygens (including phenoxy) is 1. The number of hydrogen-bond acceptors (Lipinski definition) is 5. The number of rotatable bonds is 6. The molecule has 4 rings (SSSR count). The first-order valence-corrected chi connectivity index (χ1v) is 10.4. The molecule has 2 fully saturated rings. The molecule has 11 heteroatoms. The highest BCUT2D eigenvalue weighted by molar-refractivity contribution is 5.94. The Balaban J connectivity index is 0.000000406. The van der Waals surface area contributed by atoms with Crippen LogP contribution in [0.25, 0.3) is 10.8 Å². The SMILES string of the molecule is CC(C)Oc1ccc2ccccc2c1CN1C[C@@]2(C(=O)O)C[C@@]2(C(=O)O)C1.O=C(O)C(F)(F)F. The van der Waals surface area contributed by atoms with Gasteiger partial charge in [0.1, 0.15) is 5.75 Å². The number of piperidine rings is 1. The molecule has 1 heterocycles. The minimum atomic E-state index is -5.08. The van der Waals surface area contributed by atoms with Crippen molar-refractivity contribution in [3.63, 3.8) is 0 Å². The summed E-state index contributed by atoms with van der Waals surface area (Å²) in [6.45, 7) is 4.89. The lowest BCUT2D eigenvalue weighted by Crippen LogP contribution is -2.28. The van der Waals surface area contributed by atoms with Crippen molar-refractivity contribution < 1.29 is 47.6 Å². The predicted molar refractivity (Wildman–Crippen MR) is 113 cm³/mol. The topological polar surface area (TPSA) is 124 Å². The molecule has 0 radical (unpaired) electrons. The van der Waals surface area contributed by atoms with Gasteiger partial charge in [-0.05, 0) is 37.1 Å². The third-order valence-electron chi connectivity index (χ3n) is 6.18. The molecule has 0 aromatic heterocycles. The summed E-state index contributed by atoms with van der Waals surface area (Å²) >= 11 is 0. The van der Waals surface area contributed by atoms with E-state index in [2.05, 4.69) is 0 Å². The molecule has 0 spiro atoms. The molecule has 8 nitrogen and oxygen atoms in total. The summed E-state index contributed by atoms with van der Waals surface area (Å²) in [6.07, 6.45) is -4.86. The lowest BCUT2D eigenvalue weighted by molar-refractivity contribution is -0.192. The fourth-order valence-electron chi connectivity index (χ4n) is 4.58. The van der Waals surface area contributed by atoms with E-state index in [0.717, 1.165) is 22.1 Å². The van der Waals surface area contributed by atoms with Gasteiger partial charge >= 0.3 is 24.1 Å². The fraction of sp³-hybridized carbons (Fsp3) is 0.435. The Morgan fingerprint density at radius 3 is 2.00 bits per heavy atom. The van der Waals surface area contributed by atoms with Crippen LogP contribution in [-0.4, -0.2) is 63.5 Å². The van der Waals surface area contributed by atoms with E-state index in [-0.39, 0.29) is 25.6 Å². The maximum absolute atomic E-state index is 11.8. The van der Waals surface area contributed by atoms with Gasteiger partial charge in [0.15, 0.2) is 0 Å². The van der Waals surface area contributed by atoms with Gasteiger partial charge in [-0.25, -0.2) is 4.79 Å². The molecule has 184 valence electrons. The van der Waals surface area contributed by atoms with E-state index >= 15 is 0 Å². The van der Waals surface area contributed by atoms with Crippen LogP contribution in [-0.2, 0) is 20.9 Å². The number of halogens is 3. The van der Waals surface area contributed by atoms with E-state index < -0.39 is 34.9 Å². The van der Waals surface area contributed by atoms with Crippen molar-refractivity contribution in [1.82, 2.24) is 4.90 Å². The van der Waals surface area contributed by atoms with Crippen LogP contribution >= 0.6 is 0 Å². The number of benzene rings is 2. The van der Waals surface area contributed by atoms with Crippen molar-refractivity contribution in [2.75, 3.05) is 13.1 Å². The first-order chi connectivity index (χ1) is 15.7. The predicted octanol–water partition coefficient (Wildman–Crippen LogP) is 3.62. The molecule has 0 unspecified atom stereocenters. The van der Waals surface area contributed by atoms with E-state index in [0.29, 0.717) is 6.54 Å². The number of alkyl halides is 3. The van der Waals surface area contributed by atoms with Gasteiger partial charge in [-0.2, -0.15) is 13.2 Å². The second kappa shape index (κ2) is 8.79. The van der Waals surface area contributed by atoms with E-state index in [1.54, 1.807) is 0 Å². The third kappa shape index (κ3) is 4.52. The highest BCUT2D eigenvalue weighted by Gasteiger charge is 2.80. The first-order valence-electron chi connectivity index (χ1n) is 10.4. The largest absolute Gasteiger partial charge is 0.491 e. The van der Waals surface area contributed by atoms with Crippen molar-refractivity contribution in [2.45, 2.75) is 39.1 Å². The molecular weight excluding hydrogens is 459 g/mol. The number of aliphatic carboxylic acids is 3. The number of carbonyl (C=O) groups is 3. The Kier molecular flexibility index (Phi) is 6.53. The molecule has 2 aromatic rings. The number of carboxylic acids is 3. The van der Waals surface area contributed by atoms with Gasteiger partial charge in [0.2, 0.25) is 0 Å². The number of likely N-dealkylation sites (tertiary alicyclic amines) is 1. The van der Waals surface area contributed by atoms with Crippen LogP contribution < -0.4 is 4.74 Å². The van der Waals surface area contributed by atoms with Crippen molar-refractivity contribution in [1.29, 1.82) is 0 Å². The molecule has 1 aliphatic heterocycles. The van der Waals surface area contributed by atoms with E-state index in [1.807, 2.05) is 55.1 Å². The number of fused-ring (bicyclic) bond motifs is 2. The van der Waals surface area contributed by atoms with Crippen molar-refractivity contribution in [3.8, 4) is 5.75 Å². The maximum Gasteiger partial charge on any atom is 0.490 e. The van der Waals surface area contributed by atoms with Gasteiger partial charge in [0, 0.05) is 25.2 Å². The molecule has 1 aliphatic carbocycles. The molecular formula is C23H24F3NO7. The van der Waals surface area contributed by atoms with Gasteiger partial charge in [0.05, 0.1) is 16.9 Å². The second-order valence-corrected chi connectivity index (χ2v) is 8.83. The maximum atomic E-state index is 11.8. The molecule has 1 saturated carbocycles. The summed E-state index contributed by atoms with van der Waals surface area (Å²) in [5.41, 5.74) is -1.35. The molecule has 1 saturated heterocycles. The molecule has 34 heavy (non-hydrogen) atoms. The Labute approximate surface area is 192 Å². The zero-order valence-corrected chi connectivity index (χ0v) is 18.4. The fourth-order valence-corrected chi connectivity index (χ4v) is 4.58. The van der Waals surface area contributed by atoms with Crippen molar-refractivity contribution >= 4 is 28.7 Å². The Hall–Kier alpha value is -3.34. The Morgan fingerprint density at radius 1 is 1.00 bits per heavy atom. The van der Waals surface area contributed by atoms with Crippen molar-refractivity contribution in [2.24, 2.45) is 10.8 Å². The van der Waals surface area contributed by atoms with Crippen LogP contribution in [0.1, 0.15) is 25.8 Å². The van der Waals surface area contributed by atoms with E-state index in [4.69, 9.17) is 14.6 Å². The van der Waals surface area contributed by atoms with Crippen molar-refractivity contribution in [3.05, 3.63) is 42.0 Å². The normalized spacial score (nSPS) is 23.7. The highest BCUT2D eigenvalue weighted by atomic mass is 19.4. The molecule has 0 amide bonds. The average Bonchev–Trinajstić information content (AvgIpc) is 3.28. The number of nitrogens with zero attached hydrogens (tertiary/aromatic N) is 1. The minimum absolute atomic E-state index is 0.00705. The molecule has 2 atom stereocenters. The van der Waals surface area contributed by atoms with E-state index in [1.165, 1.54) is 0 Å². The van der Waals surface area contributed by atoms with Crippen LogP contribution in [0.15, 0.2) is 36.4 Å².